The molecular weight excluding hydrogens is 227 g/mol. The van der Waals surface area contributed by atoms with Gasteiger partial charge < -0.3 is 9.31 Å². The second-order valence-corrected chi connectivity index (χ2v) is 5.52. The highest BCUT2D eigenvalue weighted by molar-refractivity contribution is 6.62. The van der Waals surface area contributed by atoms with Gasteiger partial charge in [0.05, 0.1) is 16.7 Å². The quantitative estimate of drug-likeness (QED) is 0.723. The van der Waals surface area contributed by atoms with Crippen molar-refractivity contribution >= 4 is 12.6 Å². The van der Waals surface area contributed by atoms with E-state index in [0.717, 1.165) is 6.20 Å². The van der Waals surface area contributed by atoms with E-state index in [4.69, 9.17) is 21.6 Å². The highest BCUT2D eigenvalue weighted by atomic mass is 16.7. The van der Waals surface area contributed by atoms with Crippen LogP contribution in [0, 0.1) is 0 Å². The van der Waals surface area contributed by atoms with E-state index in [-0.39, 0.29) is 5.46 Å². The number of rotatable bonds is 1. The van der Waals surface area contributed by atoms with E-state index in [0.29, 0.717) is 4.68 Å². The third kappa shape index (κ3) is 2.21. The first-order valence-corrected chi connectivity index (χ1v) is 5.69. The van der Waals surface area contributed by atoms with Gasteiger partial charge in [-0.25, -0.2) is 0 Å². The van der Waals surface area contributed by atoms with Crippen LogP contribution in [0.1, 0.15) is 60.6 Å². The lowest BCUT2D eigenvalue weighted by Crippen LogP contribution is -2.41. The van der Waals surface area contributed by atoms with Gasteiger partial charge in [0.2, 0.25) is 0 Å². The van der Waals surface area contributed by atoms with E-state index in [1.165, 1.54) is 6.20 Å². The molecule has 100 valence electrons. The van der Waals surface area contributed by atoms with Gasteiger partial charge in [0.1, 0.15) is 0 Å². The van der Waals surface area contributed by atoms with Gasteiger partial charge in [-0.1, -0.05) is 0 Å². The Labute approximate surface area is 122 Å². The maximum Gasteiger partial charge on any atom is 0.498 e. The molecule has 0 radical (unpaired) electrons. The molecule has 1 aliphatic rings. The van der Waals surface area contributed by atoms with Gasteiger partial charge >= 0.3 is 7.12 Å². The minimum Gasteiger partial charge on any atom is -0.399 e. The van der Waals surface area contributed by atoms with E-state index in [1.54, 1.807) is 0 Å². The predicted molar refractivity (Wildman–Crippen MR) is 72.9 cm³/mol. The van der Waals surface area contributed by atoms with Crippen molar-refractivity contribution in [3.63, 3.8) is 0 Å². The summed E-state index contributed by atoms with van der Waals surface area (Å²) in [6.07, 6.45) is 2.23. The second-order valence-electron chi connectivity index (χ2n) is 5.52. The number of aromatic nitrogens is 2. The fourth-order valence-electron chi connectivity index (χ4n) is 1.62. The van der Waals surface area contributed by atoms with Gasteiger partial charge in [-0.3, -0.25) is 4.68 Å². The summed E-state index contributed by atoms with van der Waals surface area (Å²) in [5.74, 6) is 0. The Morgan fingerprint density at radius 3 is 2.28 bits per heavy atom. The summed E-state index contributed by atoms with van der Waals surface area (Å²) in [4.78, 5) is 0. The molecule has 0 N–H and O–H groups in total. The van der Waals surface area contributed by atoms with E-state index in [9.17, 15) is 0 Å². The first kappa shape index (κ1) is 6.10. The Bertz CT molecular complexity index is 654. The normalized spacial score (nSPS) is 32.0. The second kappa shape index (κ2) is 3.84. The zero-order valence-corrected chi connectivity index (χ0v) is 10.9. The van der Waals surface area contributed by atoms with Crippen molar-refractivity contribution in [1.29, 1.82) is 0 Å². The maximum atomic E-state index is 7.72. The van der Waals surface area contributed by atoms with Crippen molar-refractivity contribution in [2.24, 2.45) is 0 Å². The Morgan fingerprint density at radius 2 is 1.78 bits per heavy atom. The molecule has 0 spiro atoms. The third-order valence-electron chi connectivity index (χ3n) is 3.47. The van der Waals surface area contributed by atoms with Crippen LogP contribution in [-0.4, -0.2) is 28.1 Å². The van der Waals surface area contributed by atoms with E-state index >= 15 is 0 Å². The molecule has 2 rings (SSSR count). The van der Waals surface area contributed by atoms with Crippen LogP contribution in [-0.2, 0) is 14.8 Å². The molecule has 1 saturated heterocycles. The molecule has 0 amide bonds. The van der Waals surface area contributed by atoms with Crippen LogP contribution < -0.4 is 5.46 Å². The smallest absolute Gasteiger partial charge is 0.399 e. The Kier molecular flexibility index (Phi) is 1.30. The molecule has 1 fully saturated rings. The fourth-order valence-corrected chi connectivity index (χ4v) is 1.62. The zero-order valence-electron chi connectivity index (χ0n) is 19.9. The molecule has 2 heterocycles. The van der Waals surface area contributed by atoms with Crippen LogP contribution in [0.2, 0.25) is 0 Å². The van der Waals surface area contributed by atoms with Gasteiger partial charge in [-0.2, -0.15) is 5.10 Å². The van der Waals surface area contributed by atoms with E-state index in [1.807, 2.05) is 27.7 Å². The molecule has 0 saturated carbocycles. The van der Waals surface area contributed by atoms with Crippen molar-refractivity contribution in [2.75, 3.05) is 0 Å². The lowest BCUT2D eigenvalue weighted by molar-refractivity contribution is 0.00578. The average Bonchev–Trinajstić information content (AvgIpc) is 2.88. The van der Waals surface area contributed by atoms with E-state index in [2.05, 4.69) is 5.10 Å². The van der Waals surface area contributed by atoms with Crippen LogP contribution >= 0.6 is 0 Å². The topological polar surface area (TPSA) is 36.3 Å². The lowest BCUT2D eigenvalue weighted by atomic mass is 9.82. The van der Waals surface area contributed by atoms with Crippen molar-refractivity contribution in [3.05, 3.63) is 12.4 Å². The Morgan fingerprint density at radius 1 is 1.22 bits per heavy atom. The number of hydrogen-bond acceptors (Lipinski definition) is 3. The Hall–Kier alpha value is -0.805. The zero-order chi connectivity index (χ0) is 21.3. The van der Waals surface area contributed by atoms with Gasteiger partial charge in [-0.15, -0.1) is 0 Å². The maximum absolute atomic E-state index is 7.72. The summed E-state index contributed by atoms with van der Waals surface area (Å²) < 4.78 is 81.7. The molecule has 4 nitrogen and oxygen atoms in total. The van der Waals surface area contributed by atoms with Crippen LogP contribution in [0.5, 0.6) is 0 Å². The first-order chi connectivity index (χ1) is 11.8. The molecule has 1 aromatic heterocycles. The largest absolute Gasteiger partial charge is 0.498 e. The summed E-state index contributed by atoms with van der Waals surface area (Å²) in [5.41, 5.74) is -4.35. The fraction of sp³-hybridized carbons (Fsp3) is 0.769. The molecule has 0 aliphatic carbocycles. The monoisotopic (exact) mass is 259 g/mol. The van der Waals surface area contributed by atoms with Crippen molar-refractivity contribution in [1.82, 2.24) is 9.78 Å². The number of hydrogen-bond donors (Lipinski definition) is 0. The SMILES string of the molecule is [2H]C([2H])([2H])C(n1cc(B2OC(C)(C)C(C)(C)O2)cn1)(C([2H])([2H])[2H])C([2H])([2H])[2H]. The van der Waals surface area contributed by atoms with Crippen LogP contribution in [0.3, 0.4) is 0 Å². The molecule has 1 aliphatic heterocycles. The van der Waals surface area contributed by atoms with Crippen molar-refractivity contribution in [3.8, 4) is 0 Å². The molecule has 18 heavy (non-hydrogen) atoms. The first-order valence-electron chi connectivity index (χ1n) is 10.2. The number of nitrogens with zero attached hydrogens (tertiary/aromatic N) is 2. The van der Waals surface area contributed by atoms with Gasteiger partial charge in [0.15, 0.2) is 0 Å². The molecule has 0 atom stereocenters. The molecular formula is C13H23BN2O2. The summed E-state index contributed by atoms with van der Waals surface area (Å²) in [6, 6.07) is 0. The minimum absolute atomic E-state index is 0.232. The van der Waals surface area contributed by atoms with Crippen LogP contribution in [0.25, 0.3) is 0 Å². The highest BCUT2D eigenvalue weighted by Gasteiger charge is 2.52. The molecule has 0 bridgehead atoms. The molecule has 1 aromatic rings. The standard InChI is InChI=1S/C13H23BN2O2/c1-11(2,3)16-9-10(8-15-16)14-17-12(4,5)13(6,7)18-14/h8-9H,1-7H3/i1D3,2D3,3D3. The molecule has 0 unspecified atom stereocenters. The molecule has 5 heteroatoms. The van der Waals surface area contributed by atoms with Crippen LogP contribution in [0.4, 0.5) is 0 Å². The lowest BCUT2D eigenvalue weighted by Gasteiger charge is -2.32. The average molecular weight is 259 g/mol. The highest BCUT2D eigenvalue weighted by Crippen LogP contribution is 2.36. The summed E-state index contributed by atoms with van der Waals surface area (Å²) in [5, 5.41) is 3.80. The van der Waals surface area contributed by atoms with Crippen molar-refractivity contribution < 1.29 is 21.6 Å². The van der Waals surface area contributed by atoms with E-state index < -0.39 is 44.4 Å². The molecule has 0 aromatic carbocycles. The van der Waals surface area contributed by atoms with Gasteiger partial charge in [-0.05, 0) is 48.3 Å². The third-order valence-corrected chi connectivity index (χ3v) is 3.47. The summed E-state index contributed by atoms with van der Waals surface area (Å²) in [6.45, 7) is -2.90. The van der Waals surface area contributed by atoms with Gasteiger partial charge in [0, 0.05) is 30.2 Å². The van der Waals surface area contributed by atoms with Crippen molar-refractivity contribution in [2.45, 2.75) is 65.0 Å². The summed E-state index contributed by atoms with van der Waals surface area (Å²) in [7, 11) is -0.939. The van der Waals surface area contributed by atoms with Gasteiger partial charge in [0.25, 0.3) is 0 Å². The predicted octanol–water partition coefficient (Wildman–Crippen LogP) is 1.94. The minimum atomic E-state index is -3.39. The van der Waals surface area contributed by atoms with Crippen LogP contribution in [0.15, 0.2) is 12.4 Å². The summed E-state index contributed by atoms with van der Waals surface area (Å²) >= 11 is 0. The Balaban J connectivity index is 2.60.